The fraction of sp³-hybridized carbons (Fsp3) is 0.353. The fourth-order valence-corrected chi connectivity index (χ4v) is 5.97. The third kappa shape index (κ3) is 4.45. The second-order valence-electron chi connectivity index (χ2n) is 11.1. The normalized spacial score (nSPS) is 22.1. The molecular formula is C34H36O6. The van der Waals surface area contributed by atoms with Crippen LogP contribution in [0.5, 0.6) is 11.5 Å². The van der Waals surface area contributed by atoms with Crippen molar-refractivity contribution in [1.29, 1.82) is 0 Å². The molecule has 40 heavy (non-hydrogen) atoms. The van der Waals surface area contributed by atoms with Gasteiger partial charge in [-0.05, 0) is 68.9 Å². The first-order valence-electron chi connectivity index (χ1n) is 13.6. The molecule has 0 unspecified atom stereocenters. The highest BCUT2D eigenvalue weighted by Crippen LogP contribution is 2.55. The molecule has 3 aromatic rings. The highest BCUT2D eigenvalue weighted by atomic mass is 16.5. The van der Waals surface area contributed by atoms with Crippen LogP contribution in [0.3, 0.4) is 0 Å². The van der Waals surface area contributed by atoms with Gasteiger partial charge in [0.2, 0.25) is 5.78 Å². The molecule has 0 amide bonds. The van der Waals surface area contributed by atoms with Crippen molar-refractivity contribution in [2.75, 3.05) is 6.61 Å². The van der Waals surface area contributed by atoms with Gasteiger partial charge in [-0.2, -0.15) is 0 Å². The van der Waals surface area contributed by atoms with Crippen molar-refractivity contribution < 1.29 is 28.9 Å². The number of hydrogen-bond donors (Lipinski definition) is 1. The zero-order valence-corrected chi connectivity index (χ0v) is 23.8. The Morgan fingerprint density at radius 1 is 0.775 bits per heavy atom. The van der Waals surface area contributed by atoms with Gasteiger partial charge in [0.1, 0.15) is 16.9 Å². The molecule has 3 aromatic carbocycles. The number of carbonyl (C=O) groups excluding carboxylic acids is 2. The fourth-order valence-electron chi connectivity index (χ4n) is 5.97. The summed E-state index contributed by atoms with van der Waals surface area (Å²) in [5.41, 5.74) is 2.70. The molecular weight excluding hydrogens is 504 g/mol. The molecule has 1 aliphatic heterocycles. The van der Waals surface area contributed by atoms with E-state index in [-0.39, 0.29) is 37.0 Å². The molecule has 2 atom stereocenters. The van der Waals surface area contributed by atoms with Crippen molar-refractivity contribution in [3.05, 3.63) is 105 Å². The monoisotopic (exact) mass is 540 g/mol. The molecule has 6 nitrogen and oxygen atoms in total. The Kier molecular flexibility index (Phi) is 7.42. The van der Waals surface area contributed by atoms with E-state index in [1.54, 1.807) is 20.8 Å². The number of phenols is 1. The highest BCUT2D eigenvalue weighted by Gasteiger charge is 2.65. The summed E-state index contributed by atoms with van der Waals surface area (Å²) >= 11 is 0. The van der Waals surface area contributed by atoms with Crippen LogP contribution in [0.1, 0.15) is 54.2 Å². The molecule has 0 saturated carbocycles. The van der Waals surface area contributed by atoms with E-state index in [0.717, 1.165) is 16.7 Å². The summed E-state index contributed by atoms with van der Waals surface area (Å²) in [7, 11) is 0. The van der Waals surface area contributed by atoms with Crippen molar-refractivity contribution in [2.45, 2.75) is 66.5 Å². The Balaban J connectivity index is 1.57. The molecule has 1 heterocycles. The van der Waals surface area contributed by atoms with Crippen LogP contribution in [0, 0.1) is 19.3 Å². The predicted octanol–water partition coefficient (Wildman–Crippen LogP) is 6.11. The van der Waals surface area contributed by atoms with Gasteiger partial charge in [-0.25, -0.2) is 0 Å². The zero-order valence-electron chi connectivity index (χ0n) is 23.8. The quantitative estimate of drug-likeness (QED) is 0.371. The molecule has 1 aliphatic carbocycles. The standard InChI is InChI=1S/C34H36O6/c1-21-22(2)30-27(28(29(21)35)19-38-17-25-12-8-6-9-13-25)16-34(20-39-18-26-14-10-7-11-15-26)32(37)24(4)23(3)31(36)33(34,5)40-30/h6-15,35H,16-20H2,1-5H3/t33-,34-/m1/s1. The van der Waals surface area contributed by atoms with E-state index in [1.165, 1.54) is 0 Å². The van der Waals surface area contributed by atoms with Gasteiger partial charge in [-0.1, -0.05) is 60.7 Å². The van der Waals surface area contributed by atoms with Gasteiger partial charge in [0.25, 0.3) is 0 Å². The molecule has 208 valence electrons. The number of ketones is 2. The average Bonchev–Trinajstić information content (AvgIpc) is 2.97. The third-order valence-electron chi connectivity index (χ3n) is 8.81. The van der Waals surface area contributed by atoms with Crippen molar-refractivity contribution in [1.82, 2.24) is 0 Å². The summed E-state index contributed by atoms with van der Waals surface area (Å²) in [4.78, 5) is 28.1. The van der Waals surface area contributed by atoms with E-state index in [9.17, 15) is 14.7 Å². The lowest BCUT2D eigenvalue weighted by Crippen LogP contribution is -2.67. The molecule has 6 heteroatoms. The van der Waals surface area contributed by atoms with Gasteiger partial charge in [0, 0.05) is 16.7 Å². The molecule has 0 spiro atoms. The van der Waals surface area contributed by atoms with Gasteiger partial charge in [-0.3, -0.25) is 9.59 Å². The van der Waals surface area contributed by atoms with Crippen LogP contribution in [0.25, 0.3) is 0 Å². The van der Waals surface area contributed by atoms with Gasteiger partial charge >= 0.3 is 0 Å². The van der Waals surface area contributed by atoms with Crippen LogP contribution in [0.15, 0.2) is 71.8 Å². The molecule has 0 saturated heterocycles. The Morgan fingerprint density at radius 2 is 1.32 bits per heavy atom. The Labute approximate surface area is 235 Å². The van der Waals surface area contributed by atoms with Crippen molar-refractivity contribution in [3.63, 3.8) is 0 Å². The van der Waals surface area contributed by atoms with E-state index in [2.05, 4.69) is 0 Å². The number of hydrogen-bond acceptors (Lipinski definition) is 6. The molecule has 0 radical (unpaired) electrons. The molecule has 5 rings (SSSR count). The summed E-state index contributed by atoms with van der Waals surface area (Å²) in [6.07, 6.45) is 0.182. The van der Waals surface area contributed by atoms with Crippen LogP contribution in [-0.4, -0.2) is 28.9 Å². The first-order chi connectivity index (χ1) is 19.1. The molecule has 1 N–H and O–H groups in total. The summed E-state index contributed by atoms with van der Waals surface area (Å²) in [6.45, 7) is 9.57. The summed E-state index contributed by atoms with van der Waals surface area (Å²) in [5.74, 6) is 0.267. The van der Waals surface area contributed by atoms with Gasteiger partial charge < -0.3 is 19.3 Å². The van der Waals surface area contributed by atoms with Crippen molar-refractivity contribution in [3.8, 4) is 11.5 Å². The SMILES string of the molecule is CC1=C(C)C(=O)[C@@]2(C)Oc3c(C)c(C)c(O)c(COCc4ccccc4)c3C[C@@]2(COCc2ccccc2)C1=O. The Hall–Kier alpha value is -3.74. The van der Waals surface area contributed by atoms with E-state index in [4.69, 9.17) is 14.2 Å². The second kappa shape index (κ2) is 10.7. The maximum absolute atomic E-state index is 14.2. The number of benzene rings is 3. The maximum Gasteiger partial charge on any atom is 0.203 e. The van der Waals surface area contributed by atoms with Gasteiger partial charge in [0.05, 0.1) is 26.4 Å². The van der Waals surface area contributed by atoms with Crippen LogP contribution in [-0.2, 0) is 45.3 Å². The van der Waals surface area contributed by atoms with Crippen molar-refractivity contribution in [2.24, 2.45) is 5.41 Å². The summed E-state index contributed by atoms with van der Waals surface area (Å²) < 4.78 is 18.9. The average molecular weight is 541 g/mol. The summed E-state index contributed by atoms with van der Waals surface area (Å²) in [6, 6.07) is 19.5. The van der Waals surface area contributed by atoms with Crippen LogP contribution < -0.4 is 4.74 Å². The molecule has 0 fully saturated rings. The lowest BCUT2D eigenvalue weighted by molar-refractivity contribution is -0.166. The molecule has 0 aromatic heterocycles. The minimum absolute atomic E-state index is 0.00890. The highest BCUT2D eigenvalue weighted by molar-refractivity contribution is 6.18. The number of ether oxygens (including phenoxy) is 3. The third-order valence-corrected chi connectivity index (χ3v) is 8.81. The molecule has 0 bridgehead atoms. The minimum atomic E-state index is -1.46. The smallest absolute Gasteiger partial charge is 0.203 e. The molecule has 2 aliphatic rings. The largest absolute Gasteiger partial charge is 0.507 e. The number of carbonyl (C=O) groups is 2. The second-order valence-corrected chi connectivity index (χ2v) is 11.1. The Morgan fingerprint density at radius 3 is 1.93 bits per heavy atom. The predicted molar refractivity (Wildman–Crippen MR) is 152 cm³/mol. The van der Waals surface area contributed by atoms with Crippen LogP contribution in [0.2, 0.25) is 0 Å². The number of rotatable bonds is 8. The number of aromatic hydroxyl groups is 1. The van der Waals surface area contributed by atoms with E-state index < -0.39 is 11.0 Å². The van der Waals surface area contributed by atoms with Gasteiger partial charge in [0.15, 0.2) is 11.4 Å². The number of allylic oxidation sites excluding steroid dienone is 1. The summed E-state index contributed by atoms with van der Waals surface area (Å²) in [5, 5.41) is 11.3. The van der Waals surface area contributed by atoms with E-state index in [1.807, 2.05) is 74.5 Å². The lowest BCUT2D eigenvalue weighted by atomic mass is 9.57. The first-order valence-corrected chi connectivity index (χ1v) is 13.6. The zero-order chi connectivity index (χ0) is 28.7. The lowest BCUT2D eigenvalue weighted by Gasteiger charge is -2.52. The number of Topliss-reactive ketones (excluding diaryl/α,β-unsaturated/α-hetero) is 2. The van der Waals surface area contributed by atoms with Crippen molar-refractivity contribution >= 4 is 11.6 Å². The van der Waals surface area contributed by atoms with E-state index in [0.29, 0.717) is 46.8 Å². The maximum atomic E-state index is 14.2. The minimum Gasteiger partial charge on any atom is -0.507 e. The first kappa shape index (κ1) is 27.8. The number of fused-ring (bicyclic) bond motifs is 2. The van der Waals surface area contributed by atoms with E-state index >= 15 is 0 Å². The Bertz CT molecular complexity index is 1490. The van der Waals surface area contributed by atoms with Crippen LogP contribution >= 0.6 is 0 Å². The number of phenolic OH excluding ortho intramolecular Hbond substituents is 1. The topological polar surface area (TPSA) is 82.1 Å². The van der Waals surface area contributed by atoms with Gasteiger partial charge in [-0.15, -0.1) is 0 Å². The van der Waals surface area contributed by atoms with Crippen LogP contribution in [0.4, 0.5) is 0 Å².